The molecule has 1 atom stereocenters. The van der Waals surface area contributed by atoms with Crippen LogP contribution in [0.3, 0.4) is 0 Å². The lowest BCUT2D eigenvalue weighted by molar-refractivity contribution is -0.129. The van der Waals surface area contributed by atoms with Crippen LogP contribution >= 0.6 is 0 Å². The van der Waals surface area contributed by atoms with E-state index in [0.717, 1.165) is 57.8 Å². The van der Waals surface area contributed by atoms with Crippen molar-refractivity contribution in [2.45, 2.75) is 226 Å². The molecule has 0 aromatic carbocycles. The summed E-state index contributed by atoms with van der Waals surface area (Å²) >= 11 is 0. The Morgan fingerprint density at radius 2 is 0.726 bits per heavy atom. The molecular formula is C50H98N4O8. The number of carbonyl (C=O) groups is 4. The van der Waals surface area contributed by atoms with E-state index in [2.05, 4.69) is 35.1 Å². The molecule has 0 spiro atoms. The van der Waals surface area contributed by atoms with Gasteiger partial charge in [0.15, 0.2) is 0 Å². The highest BCUT2D eigenvalue weighted by Gasteiger charge is 2.20. The van der Waals surface area contributed by atoms with E-state index in [0.29, 0.717) is 105 Å². The standard InChI is InChI=1S/C50H98N4O8/c1-4-7-9-11-13-15-17-19-21-23-25-32-47(55)51-35-28-27-31-46(54-49(57)33-26-24-22-20-18-16-14-12-10-8-5-2)50(58)53-37-30-40-61-43-45-62-44-42-60-39-29-36-52-48(56)34-41-59-38-6-3/h46H,4-45H2,1-3H3,(H,51,55)(H,52,56)(H,53,58)(H,54,57)/t46-/m1/s1. The van der Waals surface area contributed by atoms with Crippen LogP contribution in [0.2, 0.25) is 0 Å². The van der Waals surface area contributed by atoms with E-state index < -0.39 is 6.04 Å². The Balaban J connectivity index is 4.26. The summed E-state index contributed by atoms with van der Waals surface area (Å²) in [5, 5.41) is 11.9. The van der Waals surface area contributed by atoms with Crippen LogP contribution in [0.25, 0.3) is 0 Å². The number of hydrogen-bond acceptors (Lipinski definition) is 8. The third kappa shape index (κ3) is 45.7. The lowest BCUT2D eigenvalue weighted by Crippen LogP contribution is -2.47. The largest absolute Gasteiger partial charge is 0.381 e. The minimum absolute atomic E-state index is 0.000877. The molecule has 0 aliphatic rings. The SMILES string of the molecule is CCCCCCCCCCCCCC(=O)NCCCC[C@@H](NC(=O)CCCCCCCCCCCCC)C(=O)NCCCOCCOCCOCCCNC(=O)CCOCCC. The van der Waals surface area contributed by atoms with Gasteiger partial charge in [0.25, 0.3) is 0 Å². The second kappa shape index (κ2) is 49.7. The number of ether oxygens (including phenoxy) is 4. The molecule has 4 N–H and O–H groups in total. The predicted molar refractivity (Wildman–Crippen MR) is 254 cm³/mol. The second-order valence-electron chi connectivity index (χ2n) is 17.1. The lowest BCUT2D eigenvalue weighted by Gasteiger charge is -2.19. The zero-order valence-corrected chi connectivity index (χ0v) is 40.5. The van der Waals surface area contributed by atoms with Crippen LogP contribution < -0.4 is 21.3 Å². The number of carbonyl (C=O) groups excluding carboxylic acids is 4. The first-order chi connectivity index (χ1) is 30.4. The molecule has 12 nitrogen and oxygen atoms in total. The monoisotopic (exact) mass is 883 g/mol. The fourth-order valence-corrected chi connectivity index (χ4v) is 7.18. The van der Waals surface area contributed by atoms with Crippen LogP contribution in [0.5, 0.6) is 0 Å². The van der Waals surface area contributed by atoms with Gasteiger partial charge >= 0.3 is 0 Å². The molecule has 0 heterocycles. The summed E-state index contributed by atoms with van der Waals surface area (Å²) in [7, 11) is 0. The van der Waals surface area contributed by atoms with Gasteiger partial charge < -0.3 is 40.2 Å². The quantitative estimate of drug-likeness (QED) is 0.0441. The molecule has 0 bridgehead atoms. The number of nitrogens with one attached hydrogen (secondary N) is 4. The van der Waals surface area contributed by atoms with Gasteiger partial charge in [0.05, 0.1) is 33.0 Å². The van der Waals surface area contributed by atoms with Crippen molar-refractivity contribution in [3.63, 3.8) is 0 Å². The maximum absolute atomic E-state index is 13.2. The van der Waals surface area contributed by atoms with Gasteiger partial charge in [-0.3, -0.25) is 19.2 Å². The topological polar surface area (TPSA) is 153 Å². The predicted octanol–water partition coefficient (Wildman–Crippen LogP) is 10.0. The Bertz CT molecular complexity index is 1000. The first-order valence-electron chi connectivity index (χ1n) is 25.9. The van der Waals surface area contributed by atoms with E-state index in [-0.39, 0.29) is 23.6 Å². The molecule has 366 valence electrons. The molecule has 0 fully saturated rings. The van der Waals surface area contributed by atoms with Gasteiger partial charge in [0, 0.05) is 58.7 Å². The van der Waals surface area contributed by atoms with E-state index in [9.17, 15) is 19.2 Å². The van der Waals surface area contributed by atoms with Crippen molar-refractivity contribution in [1.82, 2.24) is 21.3 Å². The second-order valence-corrected chi connectivity index (χ2v) is 17.1. The Kier molecular flexibility index (Phi) is 47.9. The van der Waals surface area contributed by atoms with E-state index in [4.69, 9.17) is 18.9 Å². The van der Waals surface area contributed by atoms with Crippen LogP contribution in [0.1, 0.15) is 220 Å². The number of unbranched alkanes of at least 4 members (excludes halogenated alkanes) is 21. The van der Waals surface area contributed by atoms with Gasteiger partial charge in [-0.25, -0.2) is 0 Å². The lowest BCUT2D eigenvalue weighted by atomic mass is 10.0. The van der Waals surface area contributed by atoms with Gasteiger partial charge in [0.1, 0.15) is 6.04 Å². The molecule has 4 amide bonds. The number of hydrogen-bond donors (Lipinski definition) is 4. The summed E-state index contributed by atoms with van der Waals surface area (Å²) < 4.78 is 22.1. The maximum atomic E-state index is 13.2. The number of amides is 4. The molecule has 0 radical (unpaired) electrons. The first kappa shape index (κ1) is 59.7. The van der Waals surface area contributed by atoms with E-state index in [1.165, 1.54) is 109 Å². The molecule has 12 heteroatoms. The summed E-state index contributed by atoms with van der Waals surface area (Å²) in [6.07, 6.45) is 33.2. The summed E-state index contributed by atoms with van der Waals surface area (Å²) in [5.74, 6) is -0.129. The van der Waals surface area contributed by atoms with Crippen LogP contribution in [0.15, 0.2) is 0 Å². The normalized spacial score (nSPS) is 11.7. The molecule has 0 aliphatic heterocycles. The molecule has 0 aromatic rings. The third-order valence-electron chi connectivity index (χ3n) is 11.0. The van der Waals surface area contributed by atoms with Crippen molar-refractivity contribution in [2.75, 3.05) is 72.5 Å². The smallest absolute Gasteiger partial charge is 0.242 e. The summed E-state index contributed by atoms with van der Waals surface area (Å²) in [6.45, 7) is 12.2. The minimum Gasteiger partial charge on any atom is -0.381 e. The fraction of sp³-hybridized carbons (Fsp3) is 0.920. The average molecular weight is 883 g/mol. The number of rotatable bonds is 50. The molecule has 0 saturated carbocycles. The van der Waals surface area contributed by atoms with E-state index in [1.807, 2.05) is 6.92 Å². The van der Waals surface area contributed by atoms with Gasteiger partial charge in [0.2, 0.25) is 23.6 Å². The van der Waals surface area contributed by atoms with Crippen molar-refractivity contribution in [3.05, 3.63) is 0 Å². The molecule has 0 rings (SSSR count). The third-order valence-corrected chi connectivity index (χ3v) is 11.0. The van der Waals surface area contributed by atoms with Crippen molar-refractivity contribution < 1.29 is 38.1 Å². The molecular weight excluding hydrogens is 785 g/mol. The summed E-state index contributed by atoms with van der Waals surface area (Å²) in [4.78, 5) is 50.2. The van der Waals surface area contributed by atoms with Crippen LogP contribution in [-0.4, -0.2) is 102 Å². The van der Waals surface area contributed by atoms with Crippen molar-refractivity contribution in [1.29, 1.82) is 0 Å². The Morgan fingerprint density at radius 3 is 1.21 bits per heavy atom. The molecule has 0 aromatic heterocycles. The van der Waals surface area contributed by atoms with Crippen LogP contribution in [-0.2, 0) is 38.1 Å². The van der Waals surface area contributed by atoms with Gasteiger partial charge in [-0.05, 0) is 51.4 Å². The highest BCUT2D eigenvalue weighted by molar-refractivity contribution is 5.87. The highest BCUT2D eigenvalue weighted by atomic mass is 16.5. The first-order valence-corrected chi connectivity index (χ1v) is 25.9. The van der Waals surface area contributed by atoms with Crippen LogP contribution in [0.4, 0.5) is 0 Å². The Hall–Kier alpha value is -2.28. The highest BCUT2D eigenvalue weighted by Crippen LogP contribution is 2.14. The van der Waals surface area contributed by atoms with E-state index in [1.54, 1.807) is 0 Å². The summed E-state index contributed by atoms with van der Waals surface area (Å²) in [6, 6.07) is -0.590. The van der Waals surface area contributed by atoms with Crippen molar-refractivity contribution in [2.24, 2.45) is 0 Å². The van der Waals surface area contributed by atoms with Crippen molar-refractivity contribution >= 4 is 23.6 Å². The van der Waals surface area contributed by atoms with Gasteiger partial charge in [-0.15, -0.1) is 0 Å². The summed E-state index contributed by atoms with van der Waals surface area (Å²) in [5.41, 5.74) is 0. The molecule has 62 heavy (non-hydrogen) atoms. The zero-order chi connectivity index (χ0) is 45.2. The molecule has 0 unspecified atom stereocenters. The molecule has 0 aliphatic carbocycles. The van der Waals surface area contributed by atoms with E-state index >= 15 is 0 Å². The van der Waals surface area contributed by atoms with Gasteiger partial charge in [-0.2, -0.15) is 0 Å². The Morgan fingerprint density at radius 1 is 0.339 bits per heavy atom. The van der Waals surface area contributed by atoms with Gasteiger partial charge in [-0.1, -0.05) is 149 Å². The minimum atomic E-state index is -0.590. The van der Waals surface area contributed by atoms with Crippen LogP contribution in [0, 0.1) is 0 Å². The van der Waals surface area contributed by atoms with Crippen molar-refractivity contribution in [3.8, 4) is 0 Å². The fourth-order valence-electron chi connectivity index (χ4n) is 7.18. The Labute approximate surface area is 380 Å². The zero-order valence-electron chi connectivity index (χ0n) is 40.5. The average Bonchev–Trinajstić information content (AvgIpc) is 3.26. The molecule has 0 saturated heterocycles. The maximum Gasteiger partial charge on any atom is 0.242 e.